The van der Waals surface area contributed by atoms with Gasteiger partial charge in [-0.3, -0.25) is 9.78 Å². The summed E-state index contributed by atoms with van der Waals surface area (Å²) in [6, 6.07) is 1.93. The second-order valence-electron chi connectivity index (χ2n) is 5.41. The first-order chi connectivity index (χ1) is 9.87. The third-order valence-electron chi connectivity index (χ3n) is 3.47. The van der Waals surface area contributed by atoms with Crippen LogP contribution in [0.2, 0.25) is 0 Å². The van der Waals surface area contributed by atoms with Gasteiger partial charge in [-0.15, -0.1) is 0 Å². The highest BCUT2D eigenvalue weighted by molar-refractivity contribution is 5.89. The monoisotopic (exact) mass is 295 g/mol. The average molecular weight is 295 g/mol. The van der Waals surface area contributed by atoms with E-state index in [0.29, 0.717) is 12.1 Å². The highest BCUT2D eigenvalue weighted by Gasteiger charge is 2.43. The zero-order valence-electron chi connectivity index (χ0n) is 11.7. The number of ether oxygens (including phenoxy) is 1. The molecule has 1 atom stereocenters. The first-order valence-electron chi connectivity index (χ1n) is 6.44. The van der Waals surface area contributed by atoms with Gasteiger partial charge in [-0.25, -0.2) is 8.78 Å². The second kappa shape index (κ2) is 5.74. The lowest BCUT2D eigenvalue weighted by Crippen LogP contribution is -2.46. The summed E-state index contributed by atoms with van der Waals surface area (Å²) >= 11 is 0. The zero-order valence-corrected chi connectivity index (χ0v) is 11.7. The Morgan fingerprint density at radius 1 is 1.57 bits per heavy atom. The fourth-order valence-corrected chi connectivity index (χ4v) is 2.03. The van der Waals surface area contributed by atoms with E-state index in [0.717, 1.165) is 0 Å². The number of aromatic nitrogens is 1. The Morgan fingerprint density at radius 2 is 2.29 bits per heavy atom. The van der Waals surface area contributed by atoms with Gasteiger partial charge in [-0.1, -0.05) is 0 Å². The summed E-state index contributed by atoms with van der Waals surface area (Å²) in [5.74, 6) is -0.459. The van der Waals surface area contributed by atoms with Crippen molar-refractivity contribution in [3.05, 3.63) is 23.5 Å². The van der Waals surface area contributed by atoms with Gasteiger partial charge in [0.1, 0.15) is 17.4 Å². The molecule has 1 N–H and O–H groups in total. The Labute approximate surface area is 120 Å². The van der Waals surface area contributed by atoms with Crippen LogP contribution in [0.15, 0.2) is 12.4 Å². The van der Waals surface area contributed by atoms with Gasteiger partial charge in [0.25, 0.3) is 6.43 Å². The lowest BCUT2D eigenvalue weighted by Gasteiger charge is -2.27. The van der Waals surface area contributed by atoms with Crippen molar-refractivity contribution in [2.24, 2.45) is 5.41 Å². The number of carbonyl (C=O) groups excluding carboxylic acids is 1. The number of nitrogens with one attached hydrogen (secondary N) is 1. The van der Waals surface area contributed by atoms with Crippen molar-refractivity contribution in [3.63, 3.8) is 0 Å². The Bertz CT molecular complexity index is 596. The lowest BCUT2D eigenvalue weighted by atomic mass is 9.85. The van der Waals surface area contributed by atoms with Crippen LogP contribution in [-0.2, 0) is 11.3 Å². The maximum absolute atomic E-state index is 13.0. The number of alkyl halides is 2. The molecule has 0 aromatic carbocycles. The summed E-state index contributed by atoms with van der Waals surface area (Å²) in [7, 11) is 0. The molecule has 0 radical (unpaired) electrons. The van der Waals surface area contributed by atoms with E-state index in [-0.39, 0.29) is 17.9 Å². The van der Waals surface area contributed by atoms with E-state index in [4.69, 9.17) is 10.00 Å². The molecule has 0 fully saturated rings. The molecule has 0 saturated carbocycles. The molecule has 1 aliphatic rings. The smallest absolute Gasteiger partial charge is 0.250 e. The third kappa shape index (κ3) is 2.85. The van der Waals surface area contributed by atoms with Crippen molar-refractivity contribution in [3.8, 4) is 11.8 Å². The molecule has 1 unspecified atom stereocenters. The van der Waals surface area contributed by atoms with Crippen LogP contribution >= 0.6 is 0 Å². The normalized spacial score (nSPS) is 18.4. The van der Waals surface area contributed by atoms with Crippen LogP contribution in [0.1, 0.15) is 25.0 Å². The van der Waals surface area contributed by atoms with Crippen LogP contribution < -0.4 is 10.1 Å². The number of carbonyl (C=O) groups is 1. The molecule has 112 valence electrons. The molecule has 21 heavy (non-hydrogen) atoms. The van der Waals surface area contributed by atoms with Gasteiger partial charge in [-0.05, 0) is 13.8 Å². The number of rotatable bonds is 3. The fraction of sp³-hybridized carbons (Fsp3) is 0.500. The summed E-state index contributed by atoms with van der Waals surface area (Å²) in [6.45, 7) is 2.84. The molecule has 7 heteroatoms. The number of ketones is 1. The summed E-state index contributed by atoms with van der Waals surface area (Å²) in [5, 5.41) is 12.0. The van der Waals surface area contributed by atoms with Crippen LogP contribution in [0.3, 0.4) is 0 Å². The first-order valence-corrected chi connectivity index (χ1v) is 6.44. The van der Waals surface area contributed by atoms with Gasteiger partial charge in [0.2, 0.25) is 0 Å². The van der Waals surface area contributed by atoms with Crippen molar-refractivity contribution in [1.82, 2.24) is 10.3 Å². The third-order valence-corrected chi connectivity index (χ3v) is 3.47. The second-order valence-corrected chi connectivity index (χ2v) is 5.41. The maximum Gasteiger partial charge on any atom is 0.250 e. The zero-order chi connectivity index (χ0) is 15.6. The Hall–Kier alpha value is -2.07. The van der Waals surface area contributed by atoms with Crippen LogP contribution in [0.5, 0.6) is 5.75 Å². The molecule has 0 aliphatic carbocycles. The molecule has 2 heterocycles. The van der Waals surface area contributed by atoms with E-state index in [2.05, 4.69) is 10.3 Å². The Kier molecular flexibility index (Phi) is 4.19. The molecule has 0 saturated heterocycles. The highest BCUT2D eigenvalue weighted by Crippen LogP contribution is 2.31. The number of hydrogen-bond donors (Lipinski definition) is 1. The summed E-state index contributed by atoms with van der Waals surface area (Å²) in [6.07, 6.45) is -1.01. The lowest BCUT2D eigenvalue weighted by molar-refractivity contribution is -0.142. The number of halogens is 2. The molecular formula is C14H15F2N3O2. The van der Waals surface area contributed by atoms with E-state index >= 15 is 0 Å². The highest BCUT2D eigenvalue weighted by atomic mass is 19.3. The molecular weight excluding hydrogens is 280 g/mol. The standard InChI is InChI=1S/C14H15F2N3O2/c1-14(2,13(15)16)12(20)10-7-19-6-9-5-18-4-8(3-17)11(9)21-10/h4-5,10,13,19H,6-7H2,1-2H3. The van der Waals surface area contributed by atoms with Gasteiger partial charge in [0, 0.05) is 31.0 Å². The van der Waals surface area contributed by atoms with Gasteiger partial charge in [0.15, 0.2) is 11.9 Å². The van der Waals surface area contributed by atoms with Gasteiger partial charge < -0.3 is 10.1 Å². The topological polar surface area (TPSA) is 75.0 Å². The number of fused-ring (bicyclic) bond motifs is 1. The number of nitrogens with zero attached hydrogens (tertiary/aromatic N) is 2. The summed E-state index contributed by atoms with van der Waals surface area (Å²) in [5.41, 5.74) is -1.00. The quantitative estimate of drug-likeness (QED) is 0.918. The number of pyridine rings is 1. The largest absolute Gasteiger partial charge is 0.479 e. The van der Waals surface area contributed by atoms with Crippen molar-refractivity contribution in [2.45, 2.75) is 32.9 Å². The predicted molar refractivity (Wildman–Crippen MR) is 69.9 cm³/mol. The molecule has 0 spiro atoms. The molecule has 1 aliphatic heterocycles. The van der Waals surface area contributed by atoms with Crippen molar-refractivity contribution in [2.75, 3.05) is 6.54 Å². The van der Waals surface area contributed by atoms with Gasteiger partial charge in [0.05, 0.1) is 5.41 Å². The SMILES string of the molecule is CC(C)(C(=O)C1CNCc2cncc(C#N)c2O1)C(F)F. The summed E-state index contributed by atoms with van der Waals surface area (Å²) in [4.78, 5) is 16.2. The molecule has 1 aromatic heterocycles. The van der Waals surface area contributed by atoms with Crippen LogP contribution in [-0.4, -0.2) is 29.8 Å². The minimum Gasteiger partial charge on any atom is -0.479 e. The maximum atomic E-state index is 13.0. The minimum absolute atomic E-state index is 0.106. The van der Waals surface area contributed by atoms with Crippen molar-refractivity contribution >= 4 is 5.78 Å². The Balaban J connectivity index is 2.33. The van der Waals surface area contributed by atoms with E-state index in [1.54, 1.807) is 0 Å². The van der Waals surface area contributed by atoms with Crippen LogP contribution in [0.4, 0.5) is 8.78 Å². The van der Waals surface area contributed by atoms with Crippen LogP contribution in [0, 0.1) is 16.7 Å². The van der Waals surface area contributed by atoms with E-state index in [1.165, 1.54) is 26.2 Å². The van der Waals surface area contributed by atoms with E-state index < -0.39 is 23.7 Å². The molecule has 2 rings (SSSR count). The average Bonchev–Trinajstić information content (AvgIpc) is 2.67. The fourth-order valence-electron chi connectivity index (χ4n) is 2.03. The van der Waals surface area contributed by atoms with E-state index in [1.807, 2.05) is 6.07 Å². The van der Waals surface area contributed by atoms with Gasteiger partial charge >= 0.3 is 0 Å². The minimum atomic E-state index is -2.79. The van der Waals surface area contributed by atoms with E-state index in [9.17, 15) is 13.6 Å². The molecule has 0 amide bonds. The number of nitriles is 1. The molecule has 5 nitrogen and oxygen atoms in total. The van der Waals surface area contributed by atoms with Crippen LogP contribution in [0.25, 0.3) is 0 Å². The first kappa shape index (κ1) is 15.3. The summed E-state index contributed by atoms with van der Waals surface area (Å²) < 4.78 is 31.6. The van der Waals surface area contributed by atoms with Crippen molar-refractivity contribution in [1.29, 1.82) is 5.26 Å². The van der Waals surface area contributed by atoms with Crippen molar-refractivity contribution < 1.29 is 18.3 Å². The number of Topliss-reactive ketones (excluding diaryl/α,β-unsaturated/α-hetero) is 1. The Morgan fingerprint density at radius 3 is 2.90 bits per heavy atom. The predicted octanol–water partition coefficient (Wildman–Crippen LogP) is 1.66. The molecule has 0 bridgehead atoms. The number of hydrogen-bond acceptors (Lipinski definition) is 5. The van der Waals surface area contributed by atoms with Gasteiger partial charge in [-0.2, -0.15) is 5.26 Å². The molecule has 1 aromatic rings.